The minimum atomic E-state index is 1.10. The van der Waals surface area contributed by atoms with Gasteiger partial charge in [-0.15, -0.1) is 0 Å². The van der Waals surface area contributed by atoms with Gasteiger partial charge in [0.2, 0.25) is 0 Å². The van der Waals surface area contributed by atoms with Crippen LogP contribution in [0.2, 0.25) is 0 Å². The molecule has 0 aliphatic carbocycles. The van der Waals surface area contributed by atoms with Crippen LogP contribution in [-0.4, -0.2) is 0 Å². The molecule has 0 atom stereocenters. The predicted molar refractivity (Wildman–Crippen MR) is 227 cm³/mol. The quantitative estimate of drug-likeness (QED) is 0.159. The topological polar surface area (TPSA) is 3.24 Å². The highest BCUT2D eigenvalue weighted by atomic mass is 15.1. The first-order valence-corrected chi connectivity index (χ1v) is 18.3. The molecule has 53 heavy (non-hydrogen) atoms. The van der Waals surface area contributed by atoms with E-state index in [1.165, 1.54) is 76.5 Å². The Morgan fingerprint density at radius 3 is 1.40 bits per heavy atom. The normalized spacial score (nSPS) is 11.4. The molecule has 0 spiro atoms. The molecule has 10 rings (SSSR count). The first kappa shape index (κ1) is 30.8. The third-order valence-electron chi connectivity index (χ3n) is 10.6. The zero-order valence-electron chi connectivity index (χ0n) is 29.2. The van der Waals surface area contributed by atoms with Crippen molar-refractivity contribution < 1.29 is 0 Å². The standard InChI is InChI=1S/C52H35N/c1-4-15-36(16-5-1)41-23-14-24-45(32-41)53(46-33-43(37-17-6-2-7-18-37)31-44(34-46)38-19-8-3-9-20-38)50-35-42-22-11-13-26-48(42)52-49(50)30-29-40-28-27-39-21-10-12-25-47(39)51(40)52/h1-35H. The van der Waals surface area contributed by atoms with E-state index in [1.54, 1.807) is 0 Å². The van der Waals surface area contributed by atoms with E-state index in [9.17, 15) is 0 Å². The summed E-state index contributed by atoms with van der Waals surface area (Å²) < 4.78 is 0. The molecule has 0 heterocycles. The average Bonchev–Trinajstić information content (AvgIpc) is 3.24. The van der Waals surface area contributed by atoms with Crippen molar-refractivity contribution in [3.8, 4) is 33.4 Å². The van der Waals surface area contributed by atoms with Gasteiger partial charge in [-0.05, 0) is 102 Å². The maximum absolute atomic E-state index is 2.48. The van der Waals surface area contributed by atoms with E-state index < -0.39 is 0 Å². The van der Waals surface area contributed by atoms with Crippen molar-refractivity contribution in [3.05, 3.63) is 212 Å². The van der Waals surface area contributed by atoms with Crippen LogP contribution in [0.1, 0.15) is 0 Å². The molecule has 1 heteroatoms. The minimum absolute atomic E-state index is 1.10. The van der Waals surface area contributed by atoms with E-state index >= 15 is 0 Å². The maximum Gasteiger partial charge on any atom is 0.0546 e. The Hall–Kier alpha value is -6.96. The lowest BCUT2D eigenvalue weighted by Gasteiger charge is -2.29. The van der Waals surface area contributed by atoms with Crippen LogP contribution in [0.3, 0.4) is 0 Å². The molecule has 1 nitrogen and oxygen atoms in total. The van der Waals surface area contributed by atoms with Gasteiger partial charge in [0.05, 0.1) is 5.69 Å². The SMILES string of the molecule is c1ccc(-c2cccc(N(c3cc(-c4ccccc4)cc(-c4ccccc4)c3)c3cc4ccccc4c4c3ccc3ccc5ccccc5c34)c2)cc1. The Morgan fingerprint density at radius 1 is 0.245 bits per heavy atom. The minimum Gasteiger partial charge on any atom is -0.310 e. The van der Waals surface area contributed by atoms with E-state index in [1.807, 2.05) is 0 Å². The summed E-state index contributed by atoms with van der Waals surface area (Å²) in [6.07, 6.45) is 0. The highest BCUT2D eigenvalue weighted by Crippen LogP contribution is 2.47. The van der Waals surface area contributed by atoms with Gasteiger partial charge in [0.25, 0.3) is 0 Å². The summed E-state index contributed by atoms with van der Waals surface area (Å²) in [6.45, 7) is 0. The van der Waals surface area contributed by atoms with Crippen LogP contribution in [0, 0.1) is 0 Å². The summed E-state index contributed by atoms with van der Waals surface area (Å²) >= 11 is 0. The summed E-state index contributed by atoms with van der Waals surface area (Å²) in [5.74, 6) is 0. The highest BCUT2D eigenvalue weighted by molar-refractivity contribution is 6.30. The lowest BCUT2D eigenvalue weighted by atomic mass is 9.91. The lowest BCUT2D eigenvalue weighted by Crippen LogP contribution is -2.11. The lowest BCUT2D eigenvalue weighted by molar-refractivity contribution is 1.30. The monoisotopic (exact) mass is 673 g/mol. The van der Waals surface area contributed by atoms with Gasteiger partial charge < -0.3 is 4.90 Å². The molecule has 0 aliphatic rings. The van der Waals surface area contributed by atoms with Crippen LogP contribution in [0.4, 0.5) is 17.1 Å². The average molecular weight is 674 g/mol. The fourth-order valence-electron chi connectivity index (χ4n) is 8.07. The third kappa shape index (κ3) is 5.51. The summed E-state index contributed by atoms with van der Waals surface area (Å²) in [5, 5.41) is 10.0. The number of hydrogen-bond donors (Lipinski definition) is 0. The second-order valence-electron chi connectivity index (χ2n) is 13.7. The van der Waals surface area contributed by atoms with Crippen molar-refractivity contribution in [2.75, 3.05) is 4.90 Å². The molecule has 0 saturated heterocycles. The second-order valence-corrected chi connectivity index (χ2v) is 13.7. The van der Waals surface area contributed by atoms with E-state index in [0.29, 0.717) is 0 Å². The molecular formula is C52H35N. The van der Waals surface area contributed by atoms with Crippen molar-refractivity contribution in [1.82, 2.24) is 0 Å². The van der Waals surface area contributed by atoms with E-state index in [0.717, 1.165) is 17.1 Å². The molecule has 248 valence electrons. The Kier molecular flexibility index (Phi) is 7.55. The number of hydrogen-bond acceptors (Lipinski definition) is 1. The number of benzene rings is 10. The molecule has 0 radical (unpaired) electrons. The van der Waals surface area contributed by atoms with Gasteiger partial charge in [-0.25, -0.2) is 0 Å². The zero-order valence-corrected chi connectivity index (χ0v) is 29.2. The smallest absolute Gasteiger partial charge is 0.0546 e. The molecule has 0 aromatic heterocycles. The second kappa shape index (κ2) is 13.0. The Labute approximate surface area is 309 Å². The van der Waals surface area contributed by atoms with Crippen LogP contribution in [-0.2, 0) is 0 Å². The fraction of sp³-hybridized carbons (Fsp3) is 0. The molecule has 0 aliphatic heterocycles. The predicted octanol–water partition coefficient (Wildman–Crippen LogP) is 14.8. The first-order chi connectivity index (χ1) is 26.3. The van der Waals surface area contributed by atoms with Crippen LogP contribution in [0.25, 0.3) is 76.5 Å². The molecule has 0 unspecified atom stereocenters. The molecule has 10 aromatic carbocycles. The zero-order chi connectivity index (χ0) is 35.1. The van der Waals surface area contributed by atoms with Crippen LogP contribution >= 0.6 is 0 Å². The van der Waals surface area contributed by atoms with Crippen LogP contribution < -0.4 is 4.90 Å². The van der Waals surface area contributed by atoms with Gasteiger partial charge in [-0.3, -0.25) is 0 Å². The molecule has 0 bridgehead atoms. The molecule has 10 aromatic rings. The maximum atomic E-state index is 2.48. The number of rotatable bonds is 6. The molecular weight excluding hydrogens is 639 g/mol. The molecule has 0 fully saturated rings. The number of nitrogens with zero attached hydrogens (tertiary/aromatic N) is 1. The van der Waals surface area contributed by atoms with Gasteiger partial charge in [-0.2, -0.15) is 0 Å². The van der Waals surface area contributed by atoms with Gasteiger partial charge in [0.1, 0.15) is 0 Å². The Bertz CT molecular complexity index is 2870. The number of anilines is 3. The van der Waals surface area contributed by atoms with E-state index in [4.69, 9.17) is 0 Å². The van der Waals surface area contributed by atoms with E-state index in [2.05, 4.69) is 217 Å². The van der Waals surface area contributed by atoms with Crippen molar-refractivity contribution in [1.29, 1.82) is 0 Å². The summed E-state index contributed by atoms with van der Waals surface area (Å²) in [7, 11) is 0. The van der Waals surface area contributed by atoms with Gasteiger partial charge >= 0.3 is 0 Å². The Balaban J connectivity index is 1.33. The number of fused-ring (bicyclic) bond motifs is 7. The molecule has 0 N–H and O–H groups in total. The first-order valence-electron chi connectivity index (χ1n) is 18.3. The van der Waals surface area contributed by atoms with Crippen molar-refractivity contribution in [2.45, 2.75) is 0 Å². The van der Waals surface area contributed by atoms with Crippen molar-refractivity contribution in [3.63, 3.8) is 0 Å². The van der Waals surface area contributed by atoms with Gasteiger partial charge in [-0.1, -0.05) is 176 Å². The molecule has 0 saturated carbocycles. The van der Waals surface area contributed by atoms with Gasteiger partial charge in [0, 0.05) is 22.1 Å². The summed E-state index contributed by atoms with van der Waals surface area (Å²) in [6, 6.07) is 77.4. The summed E-state index contributed by atoms with van der Waals surface area (Å²) in [4.78, 5) is 2.48. The fourth-order valence-corrected chi connectivity index (χ4v) is 8.07. The highest BCUT2D eigenvalue weighted by Gasteiger charge is 2.21. The molecule has 0 amide bonds. The largest absolute Gasteiger partial charge is 0.310 e. The van der Waals surface area contributed by atoms with Crippen LogP contribution in [0.5, 0.6) is 0 Å². The van der Waals surface area contributed by atoms with Crippen molar-refractivity contribution >= 4 is 60.2 Å². The Morgan fingerprint density at radius 2 is 0.736 bits per heavy atom. The summed E-state index contributed by atoms with van der Waals surface area (Å²) in [5.41, 5.74) is 10.4. The van der Waals surface area contributed by atoms with Crippen molar-refractivity contribution in [2.24, 2.45) is 0 Å². The van der Waals surface area contributed by atoms with E-state index in [-0.39, 0.29) is 0 Å². The van der Waals surface area contributed by atoms with Gasteiger partial charge in [0.15, 0.2) is 0 Å². The third-order valence-corrected chi connectivity index (χ3v) is 10.6. The van der Waals surface area contributed by atoms with Crippen LogP contribution in [0.15, 0.2) is 212 Å².